The molecule has 7 atom stereocenters. The van der Waals surface area contributed by atoms with Crippen LogP contribution in [0.2, 0.25) is 0 Å². The molecule has 3 amide bonds. The molecule has 6 aromatic carbocycles. The van der Waals surface area contributed by atoms with Crippen molar-refractivity contribution in [3.05, 3.63) is 340 Å². The monoisotopic (exact) mass is 1970 g/mol. The molecule has 0 fully saturated rings. The number of H-pyrrole nitrogens is 1. The quantitative estimate of drug-likeness (QED) is 0.0122. The van der Waals surface area contributed by atoms with Gasteiger partial charge in [0.15, 0.2) is 11.6 Å². The molecule has 13 aromatic rings. The maximum absolute atomic E-state index is 14.2. The second kappa shape index (κ2) is 52.4. The number of amides is 3. The van der Waals surface area contributed by atoms with Crippen molar-refractivity contribution < 1.29 is 82.9 Å². The molecular weight excluding hydrogens is 1850 g/mol. The van der Waals surface area contributed by atoms with Crippen LogP contribution in [0.1, 0.15) is 276 Å². The Hall–Kier alpha value is -13.9. The molecule has 138 heavy (non-hydrogen) atoms. The number of pyridine rings is 3. The molecule has 0 radical (unpaired) electrons. The fourth-order valence-electron chi connectivity index (χ4n) is 15.7. The minimum Gasteiger partial charge on any atom is -0.480 e. The Labute approximate surface area is 804 Å². The van der Waals surface area contributed by atoms with E-state index < -0.39 is 112 Å². The lowest BCUT2D eigenvalue weighted by molar-refractivity contribution is -0.142. The zero-order valence-corrected chi connectivity index (χ0v) is 80.5. The molecule has 0 bridgehead atoms. The van der Waals surface area contributed by atoms with Crippen molar-refractivity contribution in [3.63, 3.8) is 0 Å². The summed E-state index contributed by atoms with van der Waals surface area (Å²) in [5.41, 5.74) is 27.0. The van der Waals surface area contributed by atoms with Gasteiger partial charge in [-0.05, 0) is 176 Å². The number of halogens is 10. The number of benzene rings is 6. The van der Waals surface area contributed by atoms with E-state index in [0.717, 1.165) is 66.1 Å². The maximum Gasteiger partial charge on any atom is 0.326 e. The van der Waals surface area contributed by atoms with Crippen molar-refractivity contribution in [1.29, 1.82) is 0 Å². The number of aromatic nitrogens is 11. The number of carboxylic acid groups (broad SMARTS) is 1. The van der Waals surface area contributed by atoms with Gasteiger partial charge in [0.1, 0.15) is 86.5 Å². The van der Waals surface area contributed by atoms with E-state index in [1.54, 1.807) is 104 Å². The van der Waals surface area contributed by atoms with Gasteiger partial charge < -0.3 is 51.5 Å². The lowest BCUT2D eigenvalue weighted by Gasteiger charge is -2.24. The lowest BCUT2D eigenvalue weighted by atomic mass is 9.85. The van der Waals surface area contributed by atoms with Crippen LogP contribution in [-0.2, 0) is 43.2 Å². The highest BCUT2D eigenvalue weighted by Gasteiger charge is 2.33. The van der Waals surface area contributed by atoms with Crippen molar-refractivity contribution in [3.8, 4) is 33.4 Å². The average Bonchev–Trinajstić information content (AvgIpc) is 0.918. The Balaban J connectivity index is 0.000000222. The van der Waals surface area contributed by atoms with E-state index in [2.05, 4.69) is 69.6 Å². The molecule has 4 unspecified atom stereocenters. The number of nitrogens with zero attached hydrogens (tertiary/aromatic N) is 10. The van der Waals surface area contributed by atoms with Gasteiger partial charge in [-0.1, -0.05) is 135 Å². The number of aromatic amines is 1. The highest BCUT2D eigenvalue weighted by Crippen LogP contribution is 2.39. The van der Waals surface area contributed by atoms with Crippen LogP contribution in [0, 0.1) is 52.4 Å². The Bertz CT molecular complexity index is 6000. The standard InChI is InChI=1S/2C31H31F3N4O2.C20H16F3N3O.C10H16N2O2.C6H11BrO2.C6H10N2/c2*1-4-27(38-11-10-37-31(38)18(2)3)28(39)16-21(12-19-13-22(32)17-23(33)14-19)29-24(6-5-9-36-29)20-7-8-26(34)25(15-20)30(35)40;21-13-6-11(7-14(22)10-13)8-18(24)19-15(2-1-5-26-19)12-3-4-17(23)16(9-12)20(25)27;1-4-8(10(13)14)12-6-5-11-9(12)7(2)3;1-3-5(7)6(8)9-4-2;1-5(2)6-7-3-4-8-6/h2*5-11,13-15,17-18,21,27H,4,12,16H2,1-3H3,(H2,35,40);1-7,9-10,18H,8,24H2,(H2,25,27);5-8H,4H2,1-3H3,(H,13,14);5H,3-4H2,1-2H3;3-5H,1-2H3,(H,7,8)/t2*21-,27?;18-;;;/m110.../s1. The van der Waals surface area contributed by atoms with Gasteiger partial charge in [-0.25, -0.2) is 64.2 Å². The number of carbonyl (C=O) groups is 7. The first-order valence-corrected chi connectivity index (χ1v) is 45.9. The van der Waals surface area contributed by atoms with Crippen molar-refractivity contribution >= 4 is 57.2 Å². The number of ketones is 2. The third kappa shape index (κ3) is 30.6. The van der Waals surface area contributed by atoms with Crippen LogP contribution in [0.5, 0.6) is 0 Å². The summed E-state index contributed by atoms with van der Waals surface area (Å²) in [5, 5.41) is 9.00. The Morgan fingerprint density at radius 3 is 1.01 bits per heavy atom. The molecule has 730 valence electrons. The van der Waals surface area contributed by atoms with E-state index in [0.29, 0.717) is 98.9 Å². The molecule has 24 nitrogen and oxygen atoms in total. The van der Waals surface area contributed by atoms with E-state index >= 15 is 0 Å². The zero-order valence-electron chi connectivity index (χ0n) is 78.9. The number of aliphatic carboxylic acids is 1. The van der Waals surface area contributed by atoms with Gasteiger partial charge in [0, 0.05) is 151 Å². The number of Topliss-reactive ketones (excluding diaryl/α,β-unsaturated/α-hetero) is 2. The summed E-state index contributed by atoms with van der Waals surface area (Å²) < 4.78 is 136. The second-order valence-corrected chi connectivity index (χ2v) is 34.8. The largest absolute Gasteiger partial charge is 0.480 e. The van der Waals surface area contributed by atoms with Crippen molar-refractivity contribution in [2.75, 3.05) is 6.61 Å². The van der Waals surface area contributed by atoms with Crippen LogP contribution in [0.25, 0.3) is 33.4 Å². The minimum absolute atomic E-state index is 0.0141. The summed E-state index contributed by atoms with van der Waals surface area (Å²) in [6, 6.07) is 29.7. The van der Waals surface area contributed by atoms with E-state index in [-0.39, 0.29) is 88.9 Å². The number of primary amides is 3. The first-order valence-electron chi connectivity index (χ1n) is 45.0. The number of rotatable bonds is 35. The number of nitrogens with two attached hydrogens (primary N) is 4. The van der Waals surface area contributed by atoms with Crippen molar-refractivity contribution in [2.24, 2.45) is 22.9 Å². The highest BCUT2D eigenvalue weighted by molar-refractivity contribution is 9.10. The number of ether oxygens (including phenoxy) is 1. The molecule has 0 aliphatic carbocycles. The van der Waals surface area contributed by atoms with E-state index in [1.165, 1.54) is 79.0 Å². The Morgan fingerprint density at radius 1 is 0.399 bits per heavy atom. The van der Waals surface area contributed by atoms with E-state index in [1.807, 2.05) is 84.6 Å². The van der Waals surface area contributed by atoms with Crippen LogP contribution in [-0.4, -0.2) is 111 Å². The van der Waals surface area contributed by atoms with E-state index in [9.17, 15) is 73.1 Å². The first-order chi connectivity index (χ1) is 65.6. The summed E-state index contributed by atoms with van der Waals surface area (Å²) >= 11 is 3.17. The van der Waals surface area contributed by atoms with Crippen molar-refractivity contribution in [1.82, 2.24) is 53.6 Å². The fourth-order valence-corrected chi connectivity index (χ4v) is 15.9. The lowest BCUT2D eigenvalue weighted by Crippen LogP contribution is -2.24. The van der Waals surface area contributed by atoms with Gasteiger partial charge in [-0.2, -0.15) is 0 Å². The first kappa shape index (κ1) is 109. The predicted molar refractivity (Wildman–Crippen MR) is 513 cm³/mol. The molecule has 0 saturated heterocycles. The molecule has 10 N–H and O–H groups in total. The molecule has 34 heteroatoms. The summed E-state index contributed by atoms with van der Waals surface area (Å²) in [6.07, 6.45) is 21.4. The molecule has 7 heterocycles. The molecule has 13 rings (SSSR count). The Morgan fingerprint density at radius 2 is 0.725 bits per heavy atom. The SMILES string of the molecule is CC(C)c1ncc[nH]1.CCC(C(=O)C[C@@H](Cc1cc(F)cc(F)c1)c1ncccc1-c1ccc(F)c(C(N)=O)c1)n1ccnc1C(C)C.CCC(C(=O)C[C@@H](Cc1cc(F)cc(F)c1)c1ncccc1-c1ccc(F)c(C(N)=O)c1)n1ccnc1C(C)C.CCC(C(=O)O)n1ccnc1C(C)C.CCOC(=O)C(Br)CC.NC(=O)c1cc(-c2cccnc2[C@@H](N)Cc2cc(F)cc(F)c2)ccc1F. The van der Waals surface area contributed by atoms with Gasteiger partial charge in [0.05, 0.1) is 58.5 Å². The van der Waals surface area contributed by atoms with Gasteiger partial charge in [0.25, 0.3) is 17.7 Å². The van der Waals surface area contributed by atoms with Crippen LogP contribution in [0.15, 0.2) is 214 Å². The van der Waals surface area contributed by atoms with Gasteiger partial charge >= 0.3 is 11.9 Å². The third-order valence-corrected chi connectivity index (χ3v) is 23.2. The molecule has 0 aliphatic rings. The molecule has 0 spiro atoms. The smallest absolute Gasteiger partial charge is 0.326 e. The van der Waals surface area contributed by atoms with Gasteiger partial charge in [-0.3, -0.25) is 43.7 Å². The number of nitrogens with one attached hydrogen (secondary N) is 1. The molecule has 7 aromatic heterocycles. The third-order valence-electron chi connectivity index (χ3n) is 22.2. The summed E-state index contributed by atoms with van der Waals surface area (Å²) in [6.45, 7) is 26.1. The van der Waals surface area contributed by atoms with Gasteiger partial charge in [-0.15, -0.1) is 0 Å². The number of carboxylic acids is 1. The minimum atomic E-state index is -0.918. The zero-order chi connectivity index (χ0) is 101. The maximum atomic E-state index is 14.2. The summed E-state index contributed by atoms with van der Waals surface area (Å²) in [7, 11) is 0. The van der Waals surface area contributed by atoms with E-state index in [4.69, 9.17) is 32.8 Å². The highest BCUT2D eigenvalue weighted by atomic mass is 79.9. The average molecular weight is 1970 g/mol. The number of esters is 1. The molecular formula is C104H115BrF9N15O9. The fraction of sp³-hybridized carbons (Fsp3) is 0.327. The van der Waals surface area contributed by atoms with Crippen LogP contribution < -0.4 is 22.9 Å². The number of carbonyl (C=O) groups excluding carboxylic acids is 6. The number of imidazole rings is 4. The van der Waals surface area contributed by atoms with Crippen molar-refractivity contribution in [2.45, 2.75) is 212 Å². The number of hydrogen-bond acceptors (Lipinski definition) is 16. The van der Waals surface area contributed by atoms with Crippen LogP contribution in [0.3, 0.4) is 0 Å². The van der Waals surface area contributed by atoms with Gasteiger partial charge in [0.2, 0.25) is 0 Å². The Kier molecular flexibility index (Phi) is 41.6. The predicted octanol–water partition coefficient (Wildman–Crippen LogP) is 21.8. The normalized spacial score (nSPS) is 12.6. The topological polar surface area (TPSA) is 374 Å². The number of hydrogen-bond donors (Lipinski definition) is 6. The molecule has 0 saturated carbocycles. The summed E-state index contributed by atoms with van der Waals surface area (Å²) in [5.74, 6) is -7.13. The van der Waals surface area contributed by atoms with Crippen LogP contribution in [0.4, 0.5) is 39.5 Å². The van der Waals surface area contributed by atoms with Crippen LogP contribution >= 0.6 is 15.9 Å². The number of alkyl halides is 1. The molecule has 0 aliphatic heterocycles. The second-order valence-electron chi connectivity index (χ2n) is 33.7. The summed E-state index contributed by atoms with van der Waals surface area (Å²) in [4.78, 5) is 118.